The standard InChI is InChI=1S/C9H16N4O3/c1-2-4-13-7-8(6-11-13)15-5-3-9(14)16-12-10/h6-7,12H,2-5,10H2,1H3. The van der Waals surface area contributed by atoms with Gasteiger partial charge in [-0.25, -0.2) is 5.84 Å². The molecule has 0 saturated carbocycles. The van der Waals surface area contributed by atoms with Crippen molar-refractivity contribution in [2.24, 2.45) is 5.84 Å². The summed E-state index contributed by atoms with van der Waals surface area (Å²) in [5.41, 5.74) is 1.82. The molecule has 0 fully saturated rings. The maximum atomic E-state index is 10.9. The van der Waals surface area contributed by atoms with E-state index in [1.165, 1.54) is 0 Å². The molecule has 1 aromatic rings. The third-order valence-corrected chi connectivity index (χ3v) is 1.81. The topological polar surface area (TPSA) is 91.4 Å². The summed E-state index contributed by atoms with van der Waals surface area (Å²) in [7, 11) is 0. The molecule has 0 aliphatic heterocycles. The Kier molecular flexibility index (Phi) is 5.30. The van der Waals surface area contributed by atoms with Gasteiger partial charge in [-0.05, 0) is 6.42 Å². The quantitative estimate of drug-likeness (QED) is 0.503. The minimum atomic E-state index is -0.469. The largest absolute Gasteiger partial charge is 0.490 e. The number of rotatable bonds is 7. The molecular weight excluding hydrogens is 212 g/mol. The fourth-order valence-electron chi connectivity index (χ4n) is 1.14. The van der Waals surface area contributed by atoms with Crippen molar-refractivity contribution in [2.45, 2.75) is 26.3 Å². The fourth-order valence-corrected chi connectivity index (χ4v) is 1.14. The van der Waals surface area contributed by atoms with E-state index < -0.39 is 5.97 Å². The van der Waals surface area contributed by atoms with Crippen molar-refractivity contribution < 1.29 is 14.4 Å². The van der Waals surface area contributed by atoms with Crippen LogP contribution in [0.25, 0.3) is 0 Å². The second-order valence-corrected chi connectivity index (χ2v) is 3.13. The van der Waals surface area contributed by atoms with Crippen LogP contribution in [0.3, 0.4) is 0 Å². The normalized spacial score (nSPS) is 10.1. The zero-order valence-electron chi connectivity index (χ0n) is 9.18. The Balaban J connectivity index is 2.23. The third-order valence-electron chi connectivity index (χ3n) is 1.81. The highest BCUT2D eigenvalue weighted by Gasteiger charge is 2.04. The number of aromatic nitrogens is 2. The van der Waals surface area contributed by atoms with Gasteiger partial charge < -0.3 is 9.57 Å². The molecule has 16 heavy (non-hydrogen) atoms. The number of nitrogens with zero attached hydrogens (tertiary/aromatic N) is 2. The van der Waals surface area contributed by atoms with Crippen molar-refractivity contribution in [1.82, 2.24) is 15.4 Å². The first kappa shape index (κ1) is 12.5. The lowest BCUT2D eigenvalue weighted by atomic mass is 10.5. The molecule has 0 radical (unpaired) electrons. The number of ether oxygens (including phenoxy) is 1. The summed E-state index contributed by atoms with van der Waals surface area (Å²) in [6, 6.07) is 0. The lowest BCUT2D eigenvalue weighted by Crippen LogP contribution is -2.26. The van der Waals surface area contributed by atoms with Crippen LogP contribution in [0, 0.1) is 0 Å². The van der Waals surface area contributed by atoms with E-state index in [0.29, 0.717) is 5.75 Å². The van der Waals surface area contributed by atoms with Crippen molar-refractivity contribution in [2.75, 3.05) is 6.61 Å². The van der Waals surface area contributed by atoms with Crippen LogP contribution in [0.5, 0.6) is 5.75 Å². The third kappa shape index (κ3) is 4.28. The van der Waals surface area contributed by atoms with E-state index in [1.54, 1.807) is 17.1 Å². The predicted octanol–water partition coefficient (Wildman–Crippen LogP) is -0.0165. The number of hydrogen-bond acceptors (Lipinski definition) is 6. The van der Waals surface area contributed by atoms with Crippen LogP contribution in [-0.4, -0.2) is 22.4 Å². The maximum absolute atomic E-state index is 10.9. The van der Waals surface area contributed by atoms with E-state index in [0.717, 1.165) is 13.0 Å². The van der Waals surface area contributed by atoms with Gasteiger partial charge in [0.05, 0.1) is 25.4 Å². The Labute approximate surface area is 93.4 Å². The Morgan fingerprint density at radius 2 is 2.50 bits per heavy atom. The molecule has 0 bridgehead atoms. The Morgan fingerprint density at radius 3 is 3.19 bits per heavy atom. The summed E-state index contributed by atoms with van der Waals surface area (Å²) >= 11 is 0. The van der Waals surface area contributed by atoms with Gasteiger partial charge in [0.1, 0.15) is 0 Å². The van der Waals surface area contributed by atoms with Crippen LogP contribution < -0.4 is 16.2 Å². The summed E-state index contributed by atoms with van der Waals surface area (Å²) in [5, 5.41) is 4.08. The lowest BCUT2D eigenvalue weighted by Gasteiger charge is -2.02. The highest BCUT2D eigenvalue weighted by atomic mass is 16.7. The molecule has 3 N–H and O–H groups in total. The zero-order valence-corrected chi connectivity index (χ0v) is 9.18. The zero-order chi connectivity index (χ0) is 11.8. The summed E-state index contributed by atoms with van der Waals surface area (Å²) in [5.74, 6) is 4.97. The number of carbonyl (C=O) groups excluding carboxylic acids is 1. The van der Waals surface area contributed by atoms with Gasteiger partial charge >= 0.3 is 5.97 Å². The van der Waals surface area contributed by atoms with E-state index in [2.05, 4.69) is 16.9 Å². The van der Waals surface area contributed by atoms with Gasteiger partial charge in [0.15, 0.2) is 5.75 Å². The molecule has 7 nitrogen and oxygen atoms in total. The van der Waals surface area contributed by atoms with Gasteiger partial charge in [0.25, 0.3) is 0 Å². The molecule has 0 unspecified atom stereocenters. The van der Waals surface area contributed by atoms with Crippen molar-refractivity contribution in [3.63, 3.8) is 0 Å². The average molecular weight is 228 g/mol. The van der Waals surface area contributed by atoms with Crippen LogP contribution in [0.4, 0.5) is 0 Å². The van der Waals surface area contributed by atoms with E-state index in [4.69, 9.17) is 10.6 Å². The van der Waals surface area contributed by atoms with Gasteiger partial charge in [-0.3, -0.25) is 9.48 Å². The Hall–Kier alpha value is -1.60. The van der Waals surface area contributed by atoms with E-state index in [-0.39, 0.29) is 13.0 Å². The number of aryl methyl sites for hydroxylation is 1. The van der Waals surface area contributed by atoms with Crippen LogP contribution >= 0.6 is 0 Å². The van der Waals surface area contributed by atoms with Gasteiger partial charge in [-0.15, -0.1) is 0 Å². The molecule has 0 aliphatic carbocycles. The smallest absolute Gasteiger partial charge is 0.329 e. The summed E-state index contributed by atoms with van der Waals surface area (Å²) in [6.45, 7) is 3.15. The molecule has 1 rings (SSSR count). The van der Waals surface area contributed by atoms with Gasteiger partial charge in [0.2, 0.25) is 0 Å². The van der Waals surface area contributed by atoms with Crippen molar-refractivity contribution in [3.8, 4) is 5.75 Å². The first-order chi connectivity index (χ1) is 7.76. The number of nitrogens with one attached hydrogen (secondary N) is 1. The van der Waals surface area contributed by atoms with Crippen LogP contribution in [-0.2, 0) is 16.2 Å². The number of nitrogens with two attached hydrogens (primary N) is 1. The monoisotopic (exact) mass is 228 g/mol. The van der Waals surface area contributed by atoms with E-state index in [9.17, 15) is 4.79 Å². The molecule has 90 valence electrons. The Bertz CT molecular complexity index is 326. The highest BCUT2D eigenvalue weighted by molar-refractivity contribution is 5.69. The lowest BCUT2D eigenvalue weighted by molar-refractivity contribution is -0.151. The first-order valence-corrected chi connectivity index (χ1v) is 5.06. The minimum absolute atomic E-state index is 0.128. The van der Waals surface area contributed by atoms with Crippen LogP contribution in [0.1, 0.15) is 19.8 Å². The molecule has 0 atom stereocenters. The average Bonchev–Trinajstić information content (AvgIpc) is 2.67. The molecule has 7 heteroatoms. The molecule has 0 saturated heterocycles. The summed E-state index contributed by atoms with van der Waals surface area (Å²) in [6.07, 6.45) is 4.54. The SMILES string of the molecule is CCCn1cc(OCCC(=O)ONN)cn1. The molecule has 1 aromatic heterocycles. The number of hydrogen-bond donors (Lipinski definition) is 2. The minimum Gasteiger partial charge on any atom is -0.490 e. The predicted molar refractivity (Wildman–Crippen MR) is 56.0 cm³/mol. The molecule has 1 heterocycles. The Morgan fingerprint density at radius 1 is 1.69 bits per heavy atom. The second-order valence-electron chi connectivity index (χ2n) is 3.13. The summed E-state index contributed by atoms with van der Waals surface area (Å²) < 4.78 is 7.08. The van der Waals surface area contributed by atoms with Crippen molar-refractivity contribution >= 4 is 5.97 Å². The van der Waals surface area contributed by atoms with E-state index >= 15 is 0 Å². The van der Waals surface area contributed by atoms with Crippen molar-refractivity contribution in [1.29, 1.82) is 0 Å². The molecule has 0 aromatic carbocycles. The van der Waals surface area contributed by atoms with Gasteiger partial charge in [-0.2, -0.15) is 5.10 Å². The van der Waals surface area contributed by atoms with Crippen molar-refractivity contribution in [3.05, 3.63) is 12.4 Å². The van der Waals surface area contributed by atoms with Gasteiger partial charge in [-0.1, -0.05) is 12.5 Å². The number of hydrazine groups is 1. The van der Waals surface area contributed by atoms with E-state index in [1.807, 2.05) is 5.59 Å². The molecular formula is C9H16N4O3. The highest BCUT2D eigenvalue weighted by Crippen LogP contribution is 2.08. The molecule has 0 amide bonds. The second kappa shape index (κ2) is 6.81. The number of carbonyl (C=O) groups is 1. The first-order valence-electron chi connectivity index (χ1n) is 5.06. The fraction of sp³-hybridized carbons (Fsp3) is 0.556. The van der Waals surface area contributed by atoms with Gasteiger partial charge in [0, 0.05) is 6.54 Å². The maximum Gasteiger partial charge on any atom is 0.329 e. The van der Waals surface area contributed by atoms with Crippen LogP contribution in [0.2, 0.25) is 0 Å². The van der Waals surface area contributed by atoms with Crippen LogP contribution in [0.15, 0.2) is 12.4 Å². The molecule has 0 aliphatic rings. The summed E-state index contributed by atoms with van der Waals surface area (Å²) in [4.78, 5) is 15.2. The molecule has 0 spiro atoms.